The Balaban J connectivity index is 1.44. The smallest absolute Gasteiger partial charge is 0.312 e. The summed E-state index contributed by atoms with van der Waals surface area (Å²) in [4.78, 5) is 37.5. The third-order valence-corrected chi connectivity index (χ3v) is 8.16. The minimum absolute atomic E-state index is 0.0216. The highest BCUT2D eigenvalue weighted by Gasteiger charge is 2.48. The molecule has 198 valence electrons. The van der Waals surface area contributed by atoms with Gasteiger partial charge in [0.2, 0.25) is 0 Å². The Bertz CT molecular complexity index is 1010. The number of nitrogens with one attached hydrogen (secondary N) is 1. The van der Waals surface area contributed by atoms with E-state index >= 15 is 0 Å². The summed E-state index contributed by atoms with van der Waals surface area (Å²) in [5.74, 6) is -0.719. The Kier molecular flexibility index (Phi) is 7.35. The Morgan fingerprint density at radius 1 is 1.08 bits per heavy atom. The monoisotopic (exact) mass is 503 g/mol. The van der Waals surface area contributed by atoms with Crippen molar-refractivity contribution in [2.45, 2.75) is 90.4 Å². The summed E-state index contributed by atoms with van der Waals surface area (Å²) in [5.41, 5.74) is -0.983. The van der Waals surface area contributed by atoms with Gasteiger partial charge in [0.05, 0.1) is 24.2 Å². The molecule has 1 N–H and O–H groups in total. The fourth-order valence-electron chi connectivity index (χ4n) is 6.08. The average Bonchev–Trinajstić information content (AvgIpc) is 3.42. The van der Waals surface area contributed by atoms with Gasteiger partial charge in [0.15, 0.2) is 11.6 Å². The second-order valence-corrected chi connectivity index (χ2v) is 11.9. The van der Waals surface area contributed by atoms with Crippen molar-refractivity contribution in [3.63, 3.8) is 0 Å². The summed E-state index contributed by atoms with van der Waals surface area (Å²) in [6, 6.07) is 2.33. The SMILES string of the molecule is COc1cc(F)c(O[C@H]2CC[C@@](C)(C(=O)OC(C)(C)C)CC2)cc1C(=O)N[C@@H]1[C@H]2CC[C@H](C2)[C@@H]1C=O. The van der Waals surface area contributed by atoms with Gasteiger partial charge < -0.3 is 24.3 Å². The van der Waals surface area contributed by atoms with Crippen molar-refractivity contribution in [1.29, 1.82) is 0 Å². The maximum absolute atomic E-state index is 14.9. The summed E-state index contributed by atoms with van der Waals surface area (Å²) in [6.07, 6.45) is 5.90. The fraction of sp³-hybridized carbons (Fsp3) is 0.679. The molecule has 0 unspecified atom stereocenters. The Hall–Kier alpha value is -2.64. The quantitative estimate of drug-likeness (QED) is 0.423. The van der Waals surface area contributed by atoms with Gasteiger partial charge in [-0.25, -0.2) is 4.39 Å². The van der Waals surface area contributed by atoms with Crippen molar-refractivity contribution in [1.82, 2.24) is 5.32 Å². The van der Waals surface area contributed by atoms with Crippen LogP contribution in [0.25, 0.3) is 0 Å². The number of methoxy groups -OCH3 is 1. The number of halogens is 1. The fourth-order valence-corrected chi connectivity index (χ4v) is 6.08. The molecule has 3 fully saturated rings. The molecule has 1 aromatic rings. The first-order chi connectivity index (χ1) is 16.9. The number of esters is 1. The van der Waals surface area contributed by atoms with Crippen LogP contribution in [0.2, 0.25) is 0 Å². The molecule has 2 bridgehead atoms. The Labute approximate surface area is 212 Å². The molecule has 0 saturated heterocycles. The van der Waals surface area contributed by atoms with Gasteiger partial charge in [-0.05, 0) is 90.5 Å². The Morgan fingerprint density at radius 3 is 2.36 bits per heavy atom. The molecule has 0 heterocycles. The standard InChI is InChI=1S/C28H38FNO6/c1-27(2,3)36-26(33)28(4)10-8-18(9-11-28)35-23-13-19(22(34-5)14-21(23)29)25(32)30-24-17-7-6-16(12-17)20(24)15-31/h13-18,20,24H,6-12H2,1-5H3,(H,30,32)/t16-,17+,18-,20+,24-,28+/m1/s1. The van der Waals surface area contributed by atoms with Crippen molar-refractivity contribution in [3.05, 3.63) is 23.5 Å². The summed E-state index contributed by atoms with van der Waals surface area (Å²) in [5, 5.41) is 3.01. The number of hydrogen-bond acceptors (Lipinski definition) is 6. The second kappa shape index (κ2) is 10.0. The number of amides is 1. The summed E-state index contributed by atoms with van der Waals surface area (Å²) in [6.45, 7) is 7.44. The number of hydrogen-bond donors (Lipinski definition) is 1. The lowest BCUT2D eigenvalue weighted by atomic mass is 9.74. The lowest BCUT2D eigenvalue weighted by molar-refractivity contribution is -0.169. The highest BCUT2D eigenvalue weighted by Crippen LogP contribution is 2.48. The zero-order valence-corrected chi connectivity index (χ0v) is 21.9. The highest BCUT2D eigenvalue weighted by molar-refractivity contribution is 5.97. The molecule has 0 aliphatic heterocycles. The predicted molar refractivity (Wildman–Crippen MR) is 131 cm³/mol. The Morgan fingerprint density at radius 2 is 1.75 bits per heavy atom. The van der Waals surface area contributed by atoms with E-state index in [1.807, 2.05) is 27.7 Å². The van der Waals surface area contributed by atoms with Crippen molar-refractivity contribution < 1.29 is 33.0 Å². The first-order valence-electron chi connectivity index (χ1n) is 13.0. The van der Waals surface area contributed by atoms with Gasteiger partial charge in [-0.2, -0.15) is 0 Å². The maximum Gasteiger partial charge on any atom is 0.312 e. The van der Waals surface area contributed by atoms with E-state index in [1.165, 1.54) is 13.2 Å². The van der Waals surface area contributed by atoms with Crippen LogP contribution in [0.4, 0.5) is 4.39 Å². The third-order valence-electron chi connectivity index (χ3n) is 8.16. The second-order valence-electron chi connectivity index (χ2n) is 11.9. The molecule has 0 radical (unpaired) electrons. The zero-order chi connectivity index (χ0) is 26.3. The number of rotatable bonds is 7. The van der Waals surface area contributed by atoms with Crippen LogP contribution >= 0.6 is 0 Å². The van der Waals surface area contributed by atoms with Gasteiger partial charge in [-0.15, -0.1) is 0 Å². The van der Waals surface area contributed by atoms with E-state index in [2.05, 4.69) is 5.32 Å². The van der Waals surface area contributed by atoms with E-state index in [0.29, 0.717) is 31.6 Å². The van der Waals surface area contributed by atoms with E-state index in [9.17, 15) is 18.8 Å². The molecule has 8 heteroatoms. The molecular formula is C28H38FNO6. The van der Waals surface area contributed by atoms with Crippen molar-refractivity contribution in [2.24, 2.45) is 23.2 Å². The predicted octanol–water partition coefficient (Wildman–Crippen LogP) is 4.85. The van der Waals surface area contributed by atoms with Crippen LogP contribution in [0, 0.1) is 29.0 Å². The summed E-state index contributed by atoms with van der Waals surface area (Å²) in [7, 11) is 1.39. The van der Waals surface area contributed by atoms with Gasteiger partial charge in [0, 0.05) is 18.0 Å². The van der Waals surface area contributed by atoms with Gasteiger partial charge >= 0.3 is 5.97 Å². The van der Waals surface area contributed by atoms with Gasteiger partial charge in [-0.3, -0.25) is 9.59 Å². The molecule has 3 aliphatic rings. The van der Waals surface area contributed by atoms with Gasteiger partial charge in [0.1, 0.15) is 17.6 Å². The normalized spacial score (nSPS) is 31.6. The maximum atomic E-state index is 14.9. The van der Waals surface area contributed by atoms with E-state index < -0.39 is 22.7 Å². The largest absolute Gasteiger partial charge is 0.496 e. The number of carbonyl (C=O) groups excluding carboxylic acids is 3. The molecule has 3 aliphatic carbocycles. The number of benzene rings is 1. The van der Waals surface area contributed by atoms with Crippen LogP contribution in [0.3, 0.4) is 0 Å². The van der Waals surface area contributed by atoms with Crippen LogP contribution < -0.4 is 14.8 Å². The molecule has 0 spiro atoms. The topological polar surface area (TPSA) is 90.9 Å². The molecule has 1 amide bonds. The number of fused-ring (bicyclic) bond motifs is 2. The summed E-state index contributed by atoms with van der Waals surface area (Å²) >= 11 is 0. The minimum Gasteiger partial charge on any atom is -0.496 e. The van der Waals surface area contributed by atoms with Crippen LogP contribution in [-0.2, 0) is 14.3 Å². The lowest BCUT2D eigenvalue weighted by Gasteiger charge is -2.37. The molecule has 4 atom stereocenters. The lowest BCUT2D eigenvalue weighted by Crippen LogP contribution is -2.44. The van der Waals surface area contributed by atoms with E-state index in [4.69, 9.17) is 14.2 Å². The molecule has 3 saturated carbocycles. The zero-order valence-electron chi connectivity index (χ0n) is 21.9. The van der Waals surface area contributed by atoms with E-state index in [-0.39, 0.29) is 47.0 Å². The van der Waals surface area contributed by atoms with Crippen LogP contribution in [0.5, 0.6) is 11.5 Å². The highest BCUT2D eigenvalue weighted by atomic mass is 19.1. The third kappa shape index (κ3) is 5.37. The van der Waals surface area contributed by atoms with Crippen molar-refractivity contribution in [2.75, 3.05) is 7.11 Å². The van der Waals surface area contributed by atoms with E-state index in [0.717, 1.165) is 31.6 Å². The molecule has 1 aromatic carbocycles. The number of carbonyl (C=O) groups is 3. The molecular weight excluding hydrogens is 465 g/mol. The van der Waals surface area contributed by atoms with Crippen LogP contribution in [-0.4, -0.2) is 43.0 Å². The van der Waals surface area contributed by atoms with Crippen molar-refractivity contribution >= 4 is 18.2 Å². The molecule has 0 aromatic heterocycles. The minimum atomic E-state index is -0.616. The first kappa shape index (κ1) is 26.4. The van der Waals surface area contributed by atoms with Gasteiger partial charge in [-0.1, -0.05) is 0 Å². The summed E-state index contributed by atoms with van der Waals surface area (Å²) < 4.78 is 31.8. The molecule has 7 nitrogen and oxygen atoms in total. The van der Waals surface area contributed by atoms with E-state index in [1.54, 1.807) is 0 Å². The average molecular weight is 504 g/mol. The van der Waals surface area contributed by atoms with Crippen molar-refractivity contribution in [3.8, 4) is 11.5 Å². The number of aldehydes is 1. The van der Waals surface area contributed by atoms with Gasteiger partial charge in [0.25, 0.3) is 5.91 Å². The van der Waals surface area contributed by atoms with Crippen LogP contribution in [0.1, 0.15) is 83.0 Å². The molecule has 36 heavy (non-hydrogen) atoms. The first-order valence-corrected chi connectivity index (χ1v) is 13.0. The number of ether oxygens (including phenoxy) is 3. The van der Waals surface area contributed by atoms with Crippen LogP contribution in [0.15, 0.2) is 12.1 Å². The molecule has 4 rings (SSSR count).